The van der Waals surface area contributed by atoms with Gasteiger partial charge in [-0.1, -0.05) is 15.9 Å². The van der Waals surface area contributed by atoms with E-state index in [0.717, 1.165) is 28.6 Å². The molecule has 1 aromatic rings. The highest BCUT2D eigenvalue weighted by molar-refractivity contribution is 9.10. The molecular weight excluding hydrogens is 400 g/mol. The zero-order valence-corrected chi connectivity index (χ0v) is 17.3. The molecule has 5 nitrogen and oxygen atoms in total. The molecule has 2 atom stereocenters. The van der Waals surface area contributed by atoms with Gasteiger partial charge in [-0.15, -0.1) is 0 Å². The Balaban J connectivity index is 1.61. The van der Waals surface area contributed by atoms with Crippen LogP contribution < -0.4 is 16.0 Å². The zero-order chi connectivity index (χ0) is 18.1. The van der Waals surface area contributed by atoms with E-state index in [2.05, 4.69) is 43.1 Å². The molecule has 1 aromatic carbocycles. The van der Waals surface area contributed by atoms with Crippen LogP contribution in [-0.4, -0.2) is 49.6 Å². The number of nitrogens with zero attached hydrogens (tertiary/aromatic N) is 1. The quantitative estimate of drug-likeness (QED) is 0.356. The van der Waals surface area contributed by atoms with Crippen LogP contribution in [0.3, 0.4) is 0 Å². The summed E-state index contributed by atoms with van der Waals surface area (Å²) < 4.78 is 0.971. The third kappa shape index (κ3) is 6.90. The first-order valence-electron chi connectivity index (χ1n) is 8.66. The number of amides is 1. The van der Waals surface area contributed by atoms with Crippen molar-refractivity contribution in [1.82, 2.24) is 16.0 Å². The third-order valence-corrected chi connectivity index (χ3v) is 5.94. The van der Waals surface area contributed by atoms with E-state index in [0.29, 0.717) is 18.2 Å². The SMILES string of the molecule is CN=C(NCCCNC(=O)c1ccc(Br)cc1)NC1CCC(SC)C1. The summed E-state index contributed by atoms with van der Waals surface area (Å²) in [4.78, 5) is 16.3. The predicted octanol–water partition coefficient (Wildman–Crippen LogP) is 3.02. The molecule has 1 aliphatic rings. The molecule has 1 aliphatic carbocycles. The van der Waals surface area contributed by atoms with Crippen LogP contribution in [0.25, 0.3) is 0 Å². The van der Waals surface area contributed by atoms with Crippen LogP contribution in [0.1, 0.15) is 36.0 Å². The van der Waals surface area contributed by atoms with E-state index in [1.54, 1.807) is 7.05 Å². The highest BCUT2D eigenvalue weighted by Gasteiger charge is 2.24. The molecule has 25 heavy (non-hydrogen) atoms. The summed E-state index contributed by atoms with van der Waals surface area (Å²) in [5, 5.41) is 10.5. The summed E-state index contributed by atoms with van der Waals surface area (Å²) in [6.07, 6.45) is 6.71. The van der Waals surface area contributed by atoms with Gasteiger partial charge < -0.3 is 16.0 Å². The van der Waals surface area contributed by atoms with Crippen molar-refractivity contribution in [2.24, 2.45) is 4.99 Å². The molecule has 0 aromatic heterocycles. The fourth-order valence-electron chi connectivity index (χ4n) is 2.87. The van der Waals surface area contributed by atoms with Gasteiger partial charge in [-0.3, -0.25) is 9.79 Å². The van der Waals surface area contributed by atoms with Gasteiger partial charge in [-0.25, -0.2) is 0 Å². The largest absolute Gasteiger partial charge is 0.356 e. The standard InChI is InChI=1S/C18H27BrN4OS/c1-20-18(23-15-8-9-16(12-15)25-2)22-11-3-10-21-17(24)13-4-6-14(19)7-5-13/h4-7,15-16H,3,8-12H2,1-2H3,(H,21,24)(H2,20,22,23). The van der Waals surface area contributed by atoms with Crippen molar-refractivity contribution in [1.29, 1.82) is 0 Å². The Morgan fingerprint density at radius 2 is 1.96 bits per heavy atom. The summed E-state index contributed by atoms with van der Waals surface area (Å²) in [6, 6.07) is 7.88. The summed E-state index contributed by atoms with van der Waals surface area (Å²) in [5.41, 5.74) is 0.679. The van der Waals surface area contributed by atoms with Gasteiger partial charge in [0.1, 0.15) is 0 Å². The first kappa shape index (κ1) is 20.1. The number of hydrogen-bond acceptors (Lipinski definition) is 3. The molecule has 0 bridgehead atoms. The van der Waals surface area contributed by atoms with Crippen molar-refractivity contribution in [2.45, 2.75) is 37.0 Å². The van der Waals surface area contributed by atoms with E-state index >= 15 is 0 Å². The van der Waals surface area contributed by atoms with Crippen LogP contribution >= 0.6 is 27.7 Å². The van der Waals surface area contributed by atoms with Crippen molar-refractivity contribution < 1.29 is 4.79 Å². The molecule has 2 rings (SSSR count). The number of carbonyl (C=O) groups excluding carboxylic acids is 1. The molecule has 138 valence electrons. The summed E-state index contributed by atoms with van der Waals surface area (Å²) in [5.74, 6) is 0.815. The lowest BCUT2D eigenvalue weighted by atomic mass is 10.2. The second-order valence-corrected chi connectivity index (χ2v) is 8.18. The van der Waals surface area contributed by atoms with Crippen LogP contribution in [0.4, 0.5) is 0 Å². The smallest absolute Gasteiger partial charge is 0.251 e. The molecule has 3 N–H and O–H groups in total. The first-order valence-corrected chi connectivity index (χ1v) is 10.7. The summed E-state index contributed by atoms with van der Waals surface area (Å²) in [6.45, 7) is 1.41. The molecule has 0 saturated heterocycles. The van der Waals surface area contributed by atoms with Crippen LogP contribution in [0, 0.1) is 0 Å². The Morgan fingerprint density at radius 3 is 2.60 bits per heavy atom. The molecule has 0 aliphatic heterocycles. The third-order valence-electron chi connectivity index (χ3n) is 4.32. The first-order chi connectivity index (χ1) is 12.1. The Hall–Kier alpha value is -1.21. The van der Waals surface area contributed by atoms with E-state index < -0.39 is 0 Å². The number of aliphatic imine (C=N–C) groups is 1. The maximum absolute atomic E-state index is 12.0. The van der Waals surface area contributed by atoms with Gasteiger partial charge in [0.2, 0.25) is 0 Å². The van der Waals surface area contributed by atoms with Crippen LogP contribution in [-0.2, 0) is 0 Å². The number of rotatable bonds is 7. The van der Waals surface area contributed by atoms with Crippen molar-refractivity contribution in [3.63, 3.8) is 0 Å². The van der Waals surface area contributed by atoms with Crippen LogP contribution in [0.5, 0.6) is 0 Å². The Kier molecular flexibility index (Phi) is 8.61. The number of thioether (sulfide) groups is 1. The minimum Gasteiger partial charge on any atom is -0.356 e. The van der Waals surface area contributed by atoms with Gasteiger partial charge in [0.05, 0.1) is 0 Å². The van der Waals surface area contributed by atoms with E-state index in [9.17, 15) is 4.79 Å². The number of nitrogens with one attached hydrogen (secondary N) is 3. The molecule has 1 amide bonds. The zero-order valence-electron chi connectivity index (χ0n) is 14.8. The van der Waals surface area contributed by atoms with E-state index in [4.69, 9.17) is 0 Å². The molecule has 0 spiro atoms. The highest BCUT2D eigenvalue weighted by atomic mass is 79.9. The lowest BCUT2D eigenvalue weighted by molar-refractivity contribution is 0.0953. The molecule has 1 saturated carbocycles. The highest BCUT2D eigenvalue weighted by Crippen LogP contribution is 2.27. The number of benzene rings is 1. The van der Waals surface area contributed by atoms with Crippen LogP contribution in [0.15, 0.2) is 33.7 Å². The van der Waals surface area contributed by atoms with Crippen molar-refractivity contribution >= 4 is 39.6 Å². The second-order valence-electron chi connectivity index (χ2n) is 6.13. The number of hydrogen-bond donors (Lipinski definition) is 3. The number of carbonyl (C=O) groups is 1. The van der Waals surface area contributed by atoms with Crippen molar-refractivity contribution in [3.8, 4) is 0 Å². The maximum Gasteiger partial charge on any atom is 0.251 e. The average molecular weight is 427 g/mol. The fraction of sp³-hybridized carbons (Fsp3) is 0.556. The Bertz CT molecular complexity index is 579. The monoisotopic (exact) mass is 426 g/mol. The van der Waals surface area contributed by atoms with Crippen LogP contribution in [0.2, 0.25) is 0 Å². The minimum atomic E-state index is -0.0379. The lowest BCUT2D eigenvalue weighted by Gasteiger charge is -2.17. The molecule has 1 fully saturated rings. The van der Waals surface area contributed by atoms with Gasteiger partial charge in [-0.2, -0.15) is 11.8 Å². The molecule has 0 radical (unpaired) electrons. The molecular formula is C18H27BrN4OS. The Morgan fingerprint density at radius 1 is 1.24 bits per heavy atom. The topological polar surface area (TPSA) is 65.5 Å². The van der Waals surface area contributed by atoms with Gasteiger partial charge >= 0.3 is 0 Å². The van der Waals surface area contributed by atoms with Gasteiger partial charge in [-0.05, 0) is 56.2 Å². The Labute approximate surface area is 163 Å². The lowest BCUT2D eigenvalue weighted by Crippen LogP contribution is -2.43. The molecule has 2 unspecified atom stereocenters. The molecule has 7 heteroatoms. The number of halogens is 1. The van der Waals surface area contributed by atoms with E-state index in [-0.39, 0.29) is 5.91 Å². The fourth-order valence-corrected chi connectivity index (χ4v) is 3.93. The van der Waals surface area contributed by atoms with Gasteiger partial charge in [0.25, 0.3) is 5.91 Å². The van der Waals surface area contributed by atoms with E-state index in [1.165, 1.54) is 19.3 Å². The van der Waals surface area contributed by atoms with E-state index in [1.807, 2.05) is 36.0 Å². The average Bonchev–Trinajstić information content (AvgIpc) is 3.08. The summed E-state index contributed by atoms with van der Waals surface area (Å²) >= 11 is 5.32. The molecule has 0 heterocycles. The number of guanidine groups is 1. The second kappa shape index (κ2) is 10.7. The predicted molar refractivity (Wildman–Crippen MR) is 111 cm³/mol. The summed E-state index contributed by atoms with van der Waals surface area (Å²) in [7, 11) is 1.80. The van der Waals surface area contributed by atoms with Gasteiger partial charge in [0, 0.05) is 41.5 Å². The van der Waals surface area contributed by atoms with Gasteiger partial charge in [0.15, 0.2) is 5.96 Å². The van der Waals surface area contributed by atoms with Crippen molar-refractivity contribution in [3.05, 3.63) is 34.3 Å². The minimum absolute atomic E-state index is 0.0379. The van der Waals surface area contributed by atoms with Crippen molar-refractivity contribution in [2.75, 3.05) is 26.4 Å². The normalized spacial score (nSPS) is 20.4. The maximum atomic E-state index is 12.0.